The fourth-order valence-electron chi connectivity index (χ4n) is 3.27. The van der Waals surface area contributed by atoms with Gasteiger partial charge in [-0.15, -0.1) is 11.3 Å². The lowest BCUT2D eigenvalue weighted by molar-refractivity contribution is -0.126. The lowest BCUT2D eigenvalue weighted by Gasteiger charge is -2.18. The second kappa shape index (κ2) is 9.32. The number of carboxylic acid groups (broad SMARTS) is 1. The first kappa shape index (κ1) is 19.8. The number of thiazole rings is 1. The highest BCUT2D eigenvalue weighted by Crippen LogP contribution is 2.27. The maximum Gasteiger partial charge on any atom is 0.290 e. The van der Waals surface area contributed by atoms with E-state index in [0.29, 0.717) is 18.2 Å². The maximum atomic E-state index is 12.4. The monoisotopic (exact) mass is 403 g/mol. The zero-order valence-electron chi connectivity index (χ0n) is 15.2. The van der Waals surface area contributed by atoms with Crippen molar-refractivity contribution in [3.63, 3.8) is 0 Å². The molecule has 28 heavy (non-hydrogen) atoms. The van der Waals surface area contributed by atoms with Crippen molar-refractivity contribution in [1.29, 1.82) is 0 Å². The van der Waals surface area contributed by atoms with Gasteiger partial charge in [0, 0.05) is 31.1 Å². The van der Waals surface area contributed by atoms with Gasteiger partial charge in [-0.3, -0.25) is 19.3 Å². The highest BCUT2D eigenvalue weighted by Gasteiger charge is 2.36. The number of carbonyl (C=O) groups is 3. The SMILES string of the molecule is O=C(NCc1ccc2c(c1)CCCO2)C1CC(=O)N(c2nccs2)C1.O=CO. The third-order valence-electron chi connectivity index (χ3n) is 4.59. The van der Waals surface area contributed by atoms with Crippen LogP contribution in [0, 0.1) is 5.92 Å². The number of ether oxygens (including phenoxy) is 1. The zero-order chi connectivity index (χ0) is 19.9. The minimum atomic E-state index is -0.322. The normalized spacial score (nSPS) is 17.8. The predicted molar refractivity (Wildman–Crippen MR) is 103 cm³/mol. The maximum absolute atomic E-state index is 12.4. The average molecular weight is 403 g/mol. The van der Waals surface area contributed by atoms with Crippen molar-refractivity contribution >= 4 is 34.8 Å². The Labute approximate surface area is 166 Å². The van der Waals surface area contributed by atoms with Gasteiger partial charge in [0.05, 0.1) is 12.5 Å². The van der Waals surface area contributed by atoms with Crippen LogP contribution in [-0.2, 0) is 27.3 Å². The van der Waals surface area contributed by atoms with Gasteiger partial charge >= 0.3 is 0 Å². The molecule has 2 amide bonds. The van der Waals surface area contributed by atoms with E-state index in [1.54, 1.807) is 11.1 Å². The van der Waals surface area contributed by atoms with Crippen LogP contribution in [0.3, 0.4) is 0 Å². The molecule has 2 N–H and O–H groups in total. The Balaban J connectivity index is 0.000000706. The number of nitrogens with zero attached hydrogens (tertiary/aromatic N) is 2. The number of rotatable bonds is 4. The first-order chi connectivity index (χ1) is 13.6. The molecule has 1 saturated heterocycles. The van der Waals surface area contributed by atoms with Gasteiger partial charge < -0.3 is 15.2 Å². The molecular formula is C19H21N3O5S. The molecule has 4 rings (SSSR count). The number of aromatic nitrogens is 1. The Bertz CT molecular complexity index is 840. The fourth-order valence-corrected chi connectivity index (χ4v) is 3.94. The van der Waals surface area contributed by atoms with Gasteiger partial charge in [0.1, 0.15) is 5.75 Å². The van der Waals surface area contributed by atoms with Crippen molar-refractivity contribution in [2.24, 2.45) is 5.92 Å². The number of hydrogen-bond acceptors (Lipinski definition) is 6. The molecule has 1 fully saturated rings. The van der Waals surface area contributed by atoms with Crippen LogP contribution in [-0.4, -0.2) is 41.5 Å². The van der Waals surface area contributed by atoms with Crippen molar-refractivity contribution in [3.05, 3.63) is 40.9 Å². The van der Waals surface area contributed by atoms with Crippen molar-refractivity contribution < 1.29 is 24.2 Å². The number of hydrogen-bond donors (Lipinski definition) is 2. The Morgan fingerprint density at radius 1 is 1.46 bits per heavy atom. The van der Waals surface area contributed by atoms with Gasteiger partial charge in [0.25, 0.3) is 6.47 Å². The second-order valence-corrected chi connectivity index (χ2v) is 7.31. The lowest BCUT2D eigenvalue weighted by atomic mass is 10.0. The standard InChI is InChI=1S/C18H19N3O3S.CH2O2/c22-16-9-14(11-21(16)18-19-5-7-25-18)17(23)20-10-12-3-4-15-13(8-12)2-1-6-24-15;2-1-3/h3-5,7-8,14H,1-2,6,9-11H2,(H,20,23);1H,(H,2,3). The van der Waals surface area contributed by atoms with Gasteiger partial charge in [-0.05, 0) is 30.0 Å². The molecule has 1 aromatic heterocycles. The molecule has 2 aliphatic rings. The summed E-state index contributed by atoms with van der Waals surface area (Å²) in [5.74, 6) is 0.501. The Hall–Kier alpha value is -2.94. The third-order valence-corrected chi connectivity index (χ3v) is 5.38. The summed E-state index contributed by atoms with van der Waals surface area (Å²) in [6.07, 6.45) is 3.94. The van der Waals surface area contributed by atoms with E-state index in [-0.39, 0.29) is 30.6 Å². The van der Waals surface area contributed by atoms with E-state index in [4.69, 9.17) is 14.6 Å². The fraction of sp³-hybridized carbons (Fsp3) is 0.368. The smallest absolute Gasteiger partial charge is 0.290 e. The summed E-state index contributed by atoms with van der Waals surface area (Å²) in [6, 6.07) is 6.04. The lowest BCUT2D eigenvalue weighted by Crippen LogP contribution is -2.32. The van der Waals surface area contributed by atoms with E-state index in [0.717, 1.165) is 30.8 Å². The van der Waals surface area contributed by atoms with Gasteiger partial charge in [0.2, 0.25) is 11.8 Å². The van der Waals surface area contributed by atoms with Gasteiger partial charge in [-0.2, -0.15) is 0 Å². The van der Waals surface area contributed by atoms with E-state index < -0.39 is 0 Å². The molecule has 0 bridgehead atoms. The number of fused-ring (bicyclic) bond motifs is 1. The molecule has 9 heteroatoms. The highest BCUT2D eigenvalue weighted by atomic mass is 32.1. The van der Waals surface area contributed by atoms with Crippen molar-refractivity contribution in [2.45, 2.75) is 25.8 Å². The van der Waals surface area contributed by atoms with Crippen molar-refractivity contribution in [1.82, 2.24) is 10.3 Å². The molecule has 0 aliphatic carbocycles. The topological polar surface area (TPSA) is 109 Å². The summed E-state index contributed by atoms with van der Waals surface area (Å²) in [5.41, 5.74) is 2.25. The molecule has 1 unspecified atom stereocenters. The van der Waals surface area contributed by atoms with Crippen LogP contribution in [0.2, 0.25) is 0 Å². The highest BCUT2D eigenvalue weighted by molar-refractivity contribution is 7.13. The minimum absolute atomic E-state index is 0.0407. The van der Waals surface area contributed by atoms with Crippen LogP contribution in [0.15, 0.2) is 29.8 Å². The largest absolute Gasteiger partial charge is 0.493 e. The molecule has 2 aliphatic heterocycles. The van der Waals surface area contributed by atoms with Gasteiger partial charge in [-0.25, -0.2) is 4.98 Å². The first-order valence-electron chi connectivity index (χ1n) is 8.92. The molecule has 3 heterocycles. The molecular weight excluding hydrogens is 382 g/mol. The summed E-state index contributed by atoms with van der Waals surface area (Å²) < 4.78 is 5.61. The van der Waals surface area contributed by atoms with Crippen molar-refractivity contribution in [2.75, 3.05) is 18.1 Å². The van der Waals surface area contributed by atoms with E-state index in [2.05, 4.69) is 16.4 Å². The van der Waals surface area contributed by atoms with Crippen LogP contribution < -0.4 is 15.0 Å². The molecule has 0 saturated carbocycles. The summed E-state index contributed by atoms with van der Waals surface area (Å²) in [7, 11) is 0. The van der Waals surface area contributed by atoms with E-state index >= 15 is 0 Å². The van der Waals surface area contributed by atoms with Crippen LogP contribution >= 0.6 is 11.3 Å². The number of amides is 2. The third kappa shape index (κ3) is 4.66. The minimum Gasteiger partial charge on any atom is -0.493 e. The van der Waals surface area contributed by atoms with Crippen LogP contribution in [0.4, 0.5) is 5.13 Å². The quantitative estimate of drug-likeness (QED) is 0.754. The molecule has 8 nitrogen and oxygen atoms in total. The number of nitrogens with one attached hydrogen (secondary N) is 1. The summed E-state index contributed by atoms with van der Waals surface area (Å²) in [6.45, 7) is 1.39. The van der Waals surface area contributed by atoms with Crippen LogP contribution in [0.25, 0.3) is 0 Å². The zero-order valence-corrected chi connectivity index (χ0v) is 16.0. The summed E-state index contributed by atoms with van der Waals surface area (Å²) in [4.78, 5) is 38.7. The number of anilines is 1. The number of aryl methyl sites for hydroxylation is 1. The summed E-state index contributed by atoms with van der Waals surface area (Å²) in [5, 5.41) is 12.3. The molecule has 0 spiro atoms. The number of benzene rings is 1. The predicted octanol–water partition coefficient (Wildman–Crippen LogP) is 1.84. The molecule has 148 valence electrons. The molecule has 1 aromatic carbocycles. The number of carbonyl (C=O) groups excluding carboxylic acids is 2. The van der Waals surface area contributed by atoms with Crippen LogP contribution in [0.5, 0.6) is 5.75 Å². The van der Waals surface area contributed by atoms with E-state index in [1.807, 2.05) is 17.5 Å². The Kier molecular flexibility index (Phi) is 6.59. The van der Waals surface area contributed by atoms with Gasteiger partial charge in [-0.1, -0.05) is 12.1 Å². The van der Waals surface area contributed by atoms with Gasteiger partial charge in [0.15, 0.2) is 5.13 Å². The molecule has 2 aromatic rings. The first-order valence-corrected chi connectivity index (χ1v) is 9.80. The van der Waals surface area contributed by atoms with E-state index in [9.17, 15) is 9.59 Å². The second-order valence-electron chi connectivity index (χ2n) is 6.44. The Morgan fingerprint density at radius 3 is 3.04 bits per heavy atom. The average Bonchev–Trinajstić information content (AvgIpc) is 3.36. The van der Waals surface area contributed by atoms with Crippen LogP contribution in [0.1, 0.15) is 24.0 Å². The molecule has 0 radical (unpaired) electrons. The Morgan fingerprint density at radius 2 is 2.29 bits per heavy atom. The van der Waals surface area contributed by atoms with Crippen molar-refractivity contribution in [3.8, 4) is 5.75 Å². The molecule has 1 atom stereocenters. The summed E-state index contributed by atoms with van der Waals surface area (Å²) >= 11 is 1.41. The van der Waals surface area contributed by atoms with E-state index in [1.165, 1.54) is 16.9 Å².